The molecule has 0 amide bonds. The maximum Gasteiger partial charge on any atom is 0.307 e. The van der Waals surface area contributed by atoms with Crippen molar-refractivity contribution in [2.45, 2.75) is 18.2 Å². The highest BCUT2D eigenvalue weighted by molar-refractivity contribution is 7.99. The number of non-ortho nitro benzene ring substituents is 1. The van der Waals surface area contributed by atoms with Crippen LogP contribution >= 0.6 is 11.8 Å². The van der Waals surface area contributed by atoms with Crippen LogP contribution in [0.3, 0.4) is 0 Å². The van der Waals surface area contributed by atoms with E-state index >= 15 is 0 Å². The van der Waals surface area contributed by atoms with Gasteiger partial charge in [-0.25, -0.2) is 8.78 Å². The normalized spacial score (nSPS) is 12.4. The van der Waals surface area contributed by atoms with E-state index < -0.39 is 34.5 Å². The van der Waals surface area contributed by atoms with Gasteiger partial charge in [-0.3, -0.25) is 14.9 Å². The molecule has 0 aromatic heterocycles. The third-order valence-corrected chi connectivity index (χ3v) is 3.70. The molecule has 104 valence electrons. The fraction of sp³-hybridized carbons (Fsp3) is 0.364. The zero-order valence-electron chi connectivity index (χ0n) is 9.88. The van der Waals surface area contributed by atoms with Gasteiger partial charge in [-0.05, 0) is 6.07 Å². The zero-order chi connectivity index (χ0) is 14.6. The summed E-state index contributed by atoms with van der Waals surface area (Å²) in [6.07, 6.45) is -2.84. The molecular weight excluding hydrogens is 280 g/mol. The van der Waals surface area contributed by atoms with Gasteiger partial charge in [-0.2, -0.15) is 0 Å². The minimum atomic E-state index is -2.84. The second-order valence-electron chi connectivity index (χ2n) is 3.83. The molecule has 1 aromatic carbocycles. The summed E-state index contributed by atoms with van der Waals surface area (Å²) in [6, 6.07) is 3.16. The van der Waals surface area contributed by atoms with E-state index in [0.717, 1.165) is 23.9 Å². The number of halogens is 2. The van der Waals surface area contributed by atoms with E-state index in [2.05, 4.69) is 0 Å². The first-order valence-electron chi connectivity index (χ1n) is 5.25. The predicted octanol–water partition coefficient (Wildman–Crippen LogP) is 3.35. The number of nitrogens with zero attached hydrogens (tertiary/aromatic N) is 1. The number of benzene rings is 1. The highest BCUT2D eigenvalue weighted by Crippen LogP contribution is 2.34. The number of carboxylic acids is 1. The molecule has 8 heteroatoms. The maximum atomic E-state index is 12.8. The number of aliphatic carboxylic acids is 1. The van der Waals surface area contributed by atoms with Gasteiger partial charge < -0.3 is 5.11 Å². The molecule has 0 fully saturated rings. The Morgan fingerprint density at radius 2 is 2.16 bits per heavy atom. The lowest BCUT2D eigenvalue weighted by atomic mass is 10.2. The Bertz CT molecular complexity index is 496. The Kier molecular flexibility index (Phi) is 5.22. The number of nitro benzene ring substituents is 1. The van der Waals surface area contributed by atoms with Crippen molar-refractivity contribution in [2.24, 2.45) is 5.92 Å². The molecule has 0 heterocycles. The van der Waals surface area contributed by atoms with Crippen LogP contribution in [0.25, 0.3) is 0 Å². The molecule has 0 aliphatic rings. The van der Waals surface area contributed by atoms with Crippen molar-refractivity contribution in [3.05, 3.63) is 33.9 Å². The number of thioether (sulfide) groups is 1. The third kappa shape index (κ3) is 4.16. The van der Waals surface area contributed by atoms with Crippen LogP contribution in [0.15, 0.2) is 23.1 Å². The van der Waals surface area contributed by atoms with Crippen LogP contribution in [0, 0.1) is 16.0 Å². The van der Waals surface area contributed by atoms with Crippen LogP contribution < -0.4 is 0 Å². The third-order valence-electron chi connectivity index (χ3n) is 2.35. The first-order chi connectivity index (χ1) is 8.82. The van der Waals surface area contributed by atoms with Gasteiger partial charge in [0.2, 0.25) is 0 Å². The number of carboxylic acid groups (broad SMARTS) is 1. The lowest BCUT2D eigenvalue weighted by Gasteiger charge is -2.10. The van der Waals surface area contributed by atoms with Gasteiger partial charge in [-0.1, -0.05) is 6.92 Å². The molecule has 0 saturated carbocycles. The number of rotatable bonds is 6. The predicted molar refractivity (Wildman–Crippen MR) is 65.6 cm³/mol. The first kappa shape index (κ1) is 15.4. The van der Waals surface area contributed by atoms with Gasteiger partial charge in [-0.15, -0.1) is 11.8 Å². The molecule has 0 saturated heterocycles. The summed E-state index contributed by atoms with van der Waals surface area (Å²) in [5, 5.41) is 19.2. The summed E-state index contributed by atoms with van der Waals surface area (Å²) in [6.45, 7) is 1.46. The summed E-state index contributed by atoms with van der Waals surface area (Å²) >= 11 is 0.949. The summed E-state index contributed by atoms with van der Waals surface area (Å²) in [7, 11) is 0. The quantitative estimate of drug-likeness (QED) is 0.494. The van der Waals surface area contributed by atoms with Gasteiger partial charge >= 0.3 is 5.97 Å². The highest BCUT2D eigenvalue weighted by Gasteiger charge is 2.19. The van der Waals surface area contributed by atoms with E-state index in [0.29, 0.717) is 0 Å². The number of alkyl halides is 2. The largest absolute Gasteiger partial charge is 0.481 e. The topological polar surface area (TPSA) is 80.4 Å². The molecule has 0 radical (unpaired) electrons. The van der Waals surface area contributed by atoms with Gasteiger partial charge in [0.15, 0.2) is 0 Å². The molecule has 5 nitrogen and oxygen atoms in total. The van der Waals surface area contributed by atoms with Crippen molar-refractivity contribution in [1.29, 1.82) is 0 Å². The van der Waals surface area contributed by atoms with E-state index in [4.69, 9.17) is 5.11 Å². The number of hydrogen-bond donors (Lipinski definition) is 1. The van der Waals surface area contributed by atoms with Crippen LogP contribution in [-0.4, -0.2) is 21.8 Å². The van der Waals surface area contributed by atoms with Crippen molar-refractivity contribution in [3.8, 4) is 0 Å². The average Bonchev–Trinajstić information content (AvgIpc) is 2.35. The van der Waals surface area contributed by atoms with Crippen molar-refractivity contribution >= 4 is 23.4 Å². The molecular formula is C11H11F2NO4S. The lowest BCUT2D eigenvalue weighted by molar-refractivity contribution is -0.385. The summed E-state index contributed by atoms with van der Waals surface area (Å²) in [5.74, 6) is -1.59. The number of carbonyl (C=O) groups is 1. The van der Waals surface area contributed by atoms with E-state index in [9.17, 15) is 23.7 Å². The van der Waals surface area contributed by atoms with Crippen molar-refractivity contribution in [1.82, 2.24) is 0 Å². The molecule has 1 atom stereocenters. The Hall–Kier alpha value is -1.70. The molecule has 0 bridgehead atoms. The molecule has 1 N–H and O–H groups in total. The van der Waals surface area contributed by atoms with Crippen LogP contribution in [-0.2, 0) is 4.79 Å². The van der Waals surface area contributed by atoms with E-state index in [-0.39, 0.29) is 10.6 Å². The summed E-state index contributed by atoms with van der Waals surface area (Å²) in [5.41, 5.74) is -0.859. The number of nitro groups is 1. The Morgan fingerprint density at radius 3 is 2.63 bits per heavy atom. The highest BCUT2D eigenvalue weighted by atomic mass is 32.2. The molecule has 19 heavy (non-hydrogen) atoms. The maximum absolute atomic E-state index is 12.8. The minimum absolute atomic E-state index is 0.118. The fourth-order valence-electron chi connectivity index (χ4n) is 1.24. The van der Waals surface area contributed by atoms with Crippen LogP contribution in [0.4, 0.5) is 14.5 Å². The van der Waals surface area contributed by atoms with Crippen molar-refractivity contribution in [2.75, 3.05) is 5.75 Å². The van der Waals surface area contributed by atoms with Gasteiger partial charge in [0.05, 0.1) is 10.8 Å². The second-order valence-corrected chi connectivity index (χ2v) is 4.89. The van der Waals surface area contributed by atoms with Crippen LogP contribution in [0.1, 0.15) is 18.9 Å². The standard InChI is InChI=1S/C11H11F2NO4S/c1-6(11(15)16)5-19-9-3-2-7(14(17)18)4-8(9)10(12)13/h2-4,6,10H,5H2,1H3,(H,15,16). The molecule has 0 spiro atoms. The zero-order valence-corrected chi connectivity index (χ0v) is 10.7. The monoisotopic (exact) mass is 291 g/mol. The van der Waals surface area contributed by atoms with E-state index in [1.807, 2.05) is 0 Å². The van der Waals surface area contributed by atoms with Crippen LogP contribution in [0.5, 0.6) is 0 Å². The molecule has 1 aromatic rings. The minimum Gasteiger partial charge on any atom is -0.481 e. The fourth-order valence-corrected chi connectivity index (χ4v) is 2.29. The smallest absolute Gasteiger partial charge is 0.307 e. The Balaban J connectivity index is 2.94. The lowest BCUT2D eigenvalue weighted by Crippen LogP contribution is -2.11. The van der Waals surface area contributed by atoms with Gasteiger partial charge in [0, 0.05) is 28.3 Å². The molecule has 1 unspecified atom stereocenters. The second kappa shape index (κ2) is 6.46. The SMILES string of the molecule is CC(CSc1ccc([N+](=O)[O-])cc1C(F)F)C(=O)O. The van der Waals surface area contributed by atoms with E-state index in [1.165, 1.54) is 13.0 Å². The Morgan fingerprint density at radius 1 is 1.53 bits per heavy atom. The Labute approximate surface area is 111 Å². The van der Waals surface area contributed by atoms with Crippen LogP contribution in [0.2, 0.25) is 0 Å². The molecule has 1 rings (SSSR count). The van der Waals surface area contributed by atoms with Crippen molar-refractivity contribution < 1.29 is 23.6 Å². The van der Waals surface area contributed by atoms with Gasteiger partial charge in [0.25, 0.3) is 12.1 Å². The first-order valence-corrected chi connectivity index (χ1v) is 6.23. The van der Waals surface area contributed by atoms with Gasteiger partial charge in [0.1, 0.15) is 0 Å². The van der Waals surface area contributed by atoms with Crippen molar-refractivity contribution in [3.63, 3.8) is 0 Å². The number of hydrogen-bond acceptors (Lipinski definition) is 4. The average molecular weight is 291 g/mol. The summed E-state index contributed by atoms with van der Waals surface area (Å²) in [4.78, 5) is 20.6. The van der Waals surface area contributed by atoms with E-state index in [1.54, 1.807) is 0 Å². The summed E-state index contributed by atoms with van der Waals surface area (Å²) < 4.78 is 25.6. The molecule has 0 aliphatic carbocycles. The molecule has 0 aliphatic heterocycles.